The summed E-state index contributed by atoms with van der Waals surface area (Å²) in [5.41, 5.74) is -0.287. The number of benzene rings is 2. The van der Waals surface area contributed by atoms with E-state index in [4.69, 9.17) is 28.3 Å². The van der Waals surface area contributed by atoms with Crippen molar-refractivity contribution >= 4 is 58.5 Å². The second kappa shape index (κ2) is 11.2. The lowest BCUT2D eigenvalue weighted by molar-refractivity contribution is -0.274. The fourth-order valence-corrected chi connectivity index (χ4v) is 8.31. The molecule has 4 aliphatic rings. The van der Waals surface area contributed by atoms with E-state index in [-0.39, 0.29) is 42.6 Å². The summed E-state index contributed by atoms with van der Waals surface area (Å²) in [6.45, 7) is -0.193. The molecule has 0 radical (unpaired) electrons. The van der Waals surface area contributed by atoms with Gasteiger partial charge < -0.3 is 14.9 Å². The van der Waals surface area contributed by atoms with Crippen LogP contribution in [0.2, 0.25) is 0 Å². The molecule has 2 aromatic carbocycles. The Bertz CT molecular complexity index is 1750. The van der Waals surface area contributed by atoms with Crippen molar-refractivity contribution in [3.63, 3.8) is 0 Å². The van der Waals surface area contributed by atoms with Crippen molar-refractivity contribution in [1.82, 2.24) is 4.90 Å². The summed E-state index contributed by atoms with van der Waals surface area (Å²) in [4.78, 5) is 63.4. The van der Waals surface area contributed by atoms with Gasteiger partial charge >= 0.3 is 12.3 Å². The number of ether oxygens (including phenoxy) is 1. The summed E-state index contributed by atoms with van der Waals surface area (Å²) >= 11 is 14.3. The zero-order valence-corrected chi connectivity index (χ0v) is 25.5. The first-order chi connectivity index (χ1) is 22.0. The molecule has 2 N–H and O–H groups in total. The average Bonchev–Trinajstić information content (AvgIpc) is 3.32. The molecule has 16 heteroatoms. The molecule has 2 aliphatic carbocycles. The Balaban J connectivity index is 1.51. The predicted molar refractivity (Wildman–Crippen MR) is 155 cm³/mol. The Hall–Kier alpha value is -4.17. The van der Waals surface area contributed by atoms with E-state index in [9.17, 15) is 46.6 Å². The van der Waals surface area contributed by atoms with Crippen LogP contribution in [0.25, 0.3) is 0 Å². The topological polar surface area (TPSA) is 142 Å². The normalized spacial score (nSPS) is 30.2. The zero-order valence-electron chi connectivity index (χ0n) is 24.0. The van der Waals surface area contributed by atoms with Gasteiger partial charge in [-0.15, -0.1) is 36.4 Å². The molecule has 4 amide bonds. The first kappa shape index (κ1) is 32.8. The number of fused-ring (bicyclic) bond motifs is 4. The van der Waals surface area contributed by atoms with Crippen molar-refractivity contribution in [2.45, 2.75) is 47.7 Å². The third-order valence-corrected chi connectivity index (χ3v) is 10.7. The number of carbonyl (C=O) groups is 5. The van der Waals surface area contributed by atoms with E-state index in [1.165, 1.54) is 6.08 Å². The molecule has 0 aromatic heterocycles. The maximum atomic E-state index is 14.3. The molecule has 2 aliphatic heterocycles. The predicted octanol–water partition coefficient (Wildman–Crippen LogP) is 4.86. The highest BCUT2D eigenvalue weighted by atomic mass is 35.5. The number of aromatic hydroxyl groups is 1. The van der Waals surface area contributed by atoms with Crippen LogP contribution in [-0.4, -0.2) is 67.4 Å². The zero-order chi connectivity index (χ0) is 34.2. The van der Waals surface area contributed by atoms with Crippen molar-refractivity contribution in [1.29, 1.82) is 0 Å². The number of phenolic OH excluding ortho intramolecular Hbond substituents is 1. The number of hydrogen-bond donors (Lipinski definition) is 2. The van der Waals surface area contributed by atoms with Crippen LogP contribution in [0.5, 0.6) is 11.5 Å². The summed E-state index contributed by atoms with van der Waals surface area (Å²) in [5.74, 6) is -11.4. The van der Waals surface area contributed by atoms with E-state index in [0.717, 1.165) is 47.4 Å². The van der Waals surface area contributed by atoms with Gasteiger partial charge in [-0.1, -0.05) is 11.6 Å². The van der Waals surface area contributed by atoms with E-state index in [1.807, 2.05) is 0 Å². The van der Waals surface area contributed by atoms with Crippen molar-refractivity contribution < 1.29 is 56.5 Å². The smallest absolute Gasteiger partial charge is 0.508 e. The number of alkyl halides is 5. The summed E-state index contributed by atoms with van der Waals surface area (Å²) in [5, 5.41) is 20.1. The second-order valence-corrected chi connectivity index (χ2v) is 13.1. The summed E-state index contributed by atoms with van der Waals surface area (Å²) < 4.78 is 57.5. The Morgan fingerprint density at radius 2 is 1.68 bits per heavy atom. The van der Waals surface area contributed by atoms with Crippen LogP contribution in [0.4, 0.5) is 23.2 Å². The molecule has 47 heavy (non-hydrogen) atoms. The number of carboxylic acid groups (broad SMARTS) is 1. The van der Waals surface area contributed by atoms with E-state index in [1.54, 1.807) is 0 Å². The monoisotopic (exact) mass is 698 g/mol. The number of aliphatic carboxylic acids is 1. The number of halogens is 6. The van der Waals surface area contributed by atoms with Gasteiger partial charge in [0.15, 0.2) is 9.75 Å². The van der Waals surface area contributed by atoms with Crippen molar-refractivity contribution in [2.24, 2.45) is 17.8 Å². The highest BCUT2D eigenvalue weighted by Crippen LogP contribution is 2.66. The van der Waals surface area contributed by atoms with Gasteiger partial charge in [0.2, 0.25) is 11.8 Å². The van der Waals surface area contributed by atoms with E-state index >= 15 is 0 Å². The molecule has 2 heterocycles. The fraction of sp³-hybridized carbons (Fsp3) is 0.387. The van der Waals surface area contributed by atoms with Gasteiger partial charge in [0.05, 0.1) is 17.5 Å². The molecule has 10 nitrogen and oxygen atoms in total. The number of rotatable bonds is 7. The van der Waals surface area contributed by atoms with Gasteiger partial charge in [-0.3, -0.25) is 28.9 Å². The summed E-state index contributed by atoms with van der Waals surface area (Å²) in [6.07, 6.45) is -4.51. The van der Waals surface area contributed by atoms with Crippen LogP contribution in [0, 0.1) is 23.6 Å². The minimum absolute atomic E-state index is 0.0243. The number of imide groups is 2. The molecular formula is C31H24Cl2F4N2O8. The van der Waals surface area contributed by atoms with Gasteiger partial charge in [0, 0.05) is 24.4 Å². The van der Waals surface area contributed by atoms with Gasteiger partial charge in [-0.25, -0.2) is 9.29 Å². The first-order valence-electron chi connectivity index (χ1n) is 14.4. The highest BCUT2D eigenvalue weighted by molar-refractivity contribution is 6.58. The third kappa shape index (κ3) is 5.03. The lowest BCUT2D eigenvalue weighted by Crippen LogP contribution is -2.60. The Morgan fingerprint density at radius 3 is 2.32 bits per heavy atom. The van der Waals surface area contributed by atoms with Crippen LogP contribution in [0.1, 0.15) is 37.2 Å². The van der Waals surface area contributed by atoms with E-state index < -0.39 is 93.1 Å². The van der Waals surface area contributed by atoms with Gasteiger partial charge in [0.1, 0.15) is 17.3 Å². The molecule has 0 spiro atoms. The van der Waals surface area contributed by atoms with Gasteiger partial charge in [-0.05, 0) is 67.6 Å². The molecular weight excluding hydrogens is 675 g/mol. The summed E-state index contributed by atoms with van der Waals surface area (Å²) in [6, 6.07) is 6.74. The van der Waals surface area contributed by atoms with Crippen molar-refractivity contribution in [3.8, 4) is 11.5 Å². The van der Waals surface area contributed by atoms with Crippen LogP contribution >= 0.6 is 23.2 Å². The third-order valence-electron chi connectivity index (χ3n) is 9.30. The second-order valence-electron chi connectivity index (χ2n) is 11.8. The molecule has 6 atom stereocenters. The Morgan fingerprint density at radius 1 is 1.00 bits per heavy atom. The maximum absolute atomic E-state index is 14.3. The number of amides is 4. The lowest BCUT2D eigenvalue weighted by atomic mass is 9.56. The number of carbonyl (C=O) groups excluding carboxylic acids is 4. The Kier molecular flexibility index (Phi) is 7.82. The van der Waals surface area contributed by atoms with Gasteiger partial charge in [-0.2, -0.15) is 0 Å². The minimum Gasteiger partial charge on any atom is -0.508 e. The molecule has 2 saturated heterocycles. The average molecular weight is 699 g/mol. The molecule has 0 bridgehead atoms. The van der Waals surface area contributed by atoms with E-state index in [2.05, 4.69) is 4.74 Å². The van der Waals surface area contributed by atoms with Crippen LogP contribution in [0.15, 0.2) is 54.1 Å². The van der Waals surface area contributed by atoms with E-state index in [0.29, 0.717) is 4.90 Å². The van der Waals surface area contributed by atoms with Crippen LogP contribution < -0.4 is 9.64 Å². The number of anilines is 1. The highest BCUT2D eigenvalue weighted by Gasteiger charge is 2.77. The largest absolute Gasteiger partial charge is 0.573 e. The Labute approximate surface area is 273 Å². The lowest BCUT2D eigenvalue weighted by Gasteiger charge is -2.50. The number of phenols is 1. The molecule has 2 aromatic rings. The molecule has 1 saturated carbocycles. The summed E-state index contributed by atoms with van der Waals surface area (Å²) in [7, 11) is 0. The van der Waals surface area contributed by atoms with Crippen molar-refractivity contribution in [2.75, 3.05) is 11.4 Å². The fourth-order valence-electron chi connectivity index (χ4n) is 7.38. The molecule has 248 valence electrons. The maximum Gasteiger partial charge on any atom is 0.573 e. The molecule has 0 unspecified atom stereocenters. The van der Waals surface area contributed by atoms with Gasteiger partial charge in [0.25, 0.3) is 11.8 Å². The number of nitrogens with zero attached hydrogens (tertiary/aromatic N) is 2. The number of likely N-dealkylation sites (tertiary alicyclic amines) is 1. The number of allylic oxidation sites excluding steroid dienone is 2. The van der Waals surface area contributed by atoms with Crippen molar-refractivity contribution in [3.05, 3.63) is 65.5 Å². The first-order valence-corrected chi connectivity index (χ1v) is 15.1. The molecule has 3 fully saturated rings. The van der Waals surface area contributed by atoms with Crippen LogP contribution in [0.3, 0.4) is 0 Å². The van der Waals surface area contributed by atoms with Crippen LogP contribution in [-0.2, 0) is 24.0 Å². The number of carboxylic acids is 1. The SMILES string of the molecule is O=C(O)CCCN1C(=O)[C@H]2[C@H](CC=C3[C@H]2C[C@@]2(Cl)C(=O)N(c4ccc(F)cc4)C(=O)[C@@]2(Cl)[C@H]3c2cc(OC(F)(F)F)ccc2O)C1=O. The standard InChI is InChI=1S/C31H24Cl2F4N2O8/c32-29-13-20-17(8-9-18-23(20)26(44)38(25(18)43)11-1-2-22(41)42)24(19-12-16(7-10-21(19)40)47-31(35,36)37)30(29,33)28(46)39(27(29)45)15-5-3-14(34)4-6-15/h3-8,10,12,18,20,23-24,40H,1-2,9,11,13H2,(H,41,42)/t18-,20+,23-,24+,29+,30-/m0/s1. The quantitative estimate of drug-likeness (QED) is 0.181. The minimum atomic E-state index is -5.14. The number of hydrogen-bond acceptors (Lipinski definition) is 7. The molecule has 6 rings (SSSR count).